The van der Waals surface area contributed by atoms with Gasteiger partial charge in [-0.2, -0.15) is 0 Å². The Balaban J connectivity index is 1.45. The van der Waals surface area contributed by atoms with Crippen LogP contribution in [-0.2, 0) is 4.74 Å². The SMILES string of the molecule is CCOC(=O)N1CCC(NC2CCN(c3ncccc3F)C2)CC1. The fourth-order valence-corrected chi connectivity index (χ4v) is 3.48. The van der Waals surface area contributed by atoms with Gasteiger partial charge in [-0.3, -0.25) is 0 Å². The normalized spacial score (nSPS) is 22.0. The van der Waals surface area contributed by atoms with Gasteiger partial charge >= 0.3 is 6.09 Å². The number of aromatic nitrogens is 1. The molecule has 1 atom stereocenters. The molecule has 1 aromatic heterocycles. The molecule has 0 aliphatic carbocycles. The van der Waals surface area contributed by atoms with E-state index in [1.54, 1.807) is 17.2 Å². The standard InChI is InChI=1S/C17H25FN4O2/c1-2-24-17(23)21-9-5-13(6-10-21)20-14-7-11-22(12-14)16-15(18)4-3-8-19-16/h3-4,8,13-14,20H,2,5-7,9-12H2,1H3. The number of anilines is 1. The Kier molecular flexibility index (Phi) is 5.50. The molecule has 2 fully saturated rings. The van der Waals surface area contributed by atoms with Crippen molar-refractivity contribution in [3.63, 3.8) is 0 Å². The zero-order chi connectivity index (χ0) is 16.9. The zero-order valence-corrected chi connectivity index (χ0v) is 14.1. The minimum Gasteiger partial charge on any atom is -0.450 e. The van der Waals surface area contributed by atoms with Crippen LogP contribution < -0.4 is 10.2 Å². The van der Waals surface area contributed by atoms with Crippen LogP contribution in [0.3, 0.4) is 0 Å². The quantitative estimate of drug-likeness (QED) is 0.911. The second-order valence-electron chi connectivity index (χ2n) is 6.37. The van der Waals surface area contributed by atoms with Gasteiger partial charge in [0, 0.05) is 44.5 Å². The first-order valence-corrected chi connectivity index (χ1v) is 8.70. The molecule has 132 valence electrons. The smallest absolute Gasteiger partial charge is 0.409 e. The summed E-state index contributed by atoms with van der Waals surface area (Å²) in [7, 11) is 0. The van der Waals surface area contributed by atoms with Crippen molar-refractivity contribution in [2.75, 3.05) is 37.7 Å². The summed E-state index contributed by atoms with van der Waals surface area (Å²) in [5.41, 5.74) is 0. The highest BCUT2D eigenvalue weighted by atomic mass is 19.1. The molecule has 0 aromatic carbocycles. The first kappa shape index (κ1) is 17.0. The summed E-state index contributed by atoms with van der Waals surface area (Å²) in [6, 6.07) is 3.80. The van der Waals surface area contributed by atoms with Crippen LogP contribution in [-0.4, -0.2) is 60.8 Å². The lowest BCUT2D eigenvalue weighted by Crippen LogP contribution is -2.48. The van der Waals surface area contributed by atoms with Crippen molar-refractivity contribution in [3.05, 3.63) is 24.1 Å². The average Bonchev–Trinajstić information content (AvgIpc) is 3.04. The number of hydrogen-bond donors (Lipinski definition) is 1. The lowest BCUT2D eigenvalue weighted by molar-refractivity contribution is 0.0944. The van der Waals surface area contributed by atoms with Crippen molar-refractivity contribution in [2.24, 2.45) is 0 Å². The number of pyridine rings is 1. The number of halogens is 1. The monoisotopic (exact) mass is 336 g/mol. The molecule has 3 heterocycles. The van der Waals surface area contributed by atoms with Gasteiger partial charge in [0.1, 0.15) is 0 Å². The van der Waals surface area contributed by atoms with Gasteiger partial charge in [0.25, 0.3) is 0 Å². The van der Waals surface area contributed by atoms with E-state index in [0.717, 1.165) is 45.4 Å². The number of carbonyl (C=O) groups excluding carboxylic acids is 1. The van der Waals surface area contributed by atoms with Crippen LogP contribution in [0.25, 0.3) is 0 Å². The van der Waals surface area contributed by atoms with Crippen LogP contribution in [0.5, 0.6) is 0 Å². The summed E-state index contributed by atoms with van der Waals surface area (Å²) in [6.07, 6.45) is 4.24. The summed E-state index contributed by atoms with van der Waals surface area (Å²) in [6.45, 7) is 5.27. The number of rotatable bonds is 4. The third-order valence-electron chi connectivity index (χ3n) is 4.72. The number of piperidine rings is 1. The van der Waals surface area contributed by atoms with Crippen LogP contribution in [0.1, 0.15) is 26.2 Å². The van der Waals surface area contributed by atoms with Crippen molar-refractivity contribution in [2.45, 2.75) is 38.3 Å². The van der Waals surface area contributed by atoms with Gasteiger partial charge in [-0.1, -0.05) is 0 Å². The molecule has 1 amide bonds. The maximum Gasteiger partial charge on any atom is 0.409 e. The molecule has 0 bridgehead atoms. The molecule has 1 N–H and O–H groups in total. The molecule has 0 spiro atoms. The number of nitrogens with one attached hydrogen (secondary N) is 1. The van der Waals surface area contributed by atoms with Crippen molar-refractivity contribution in [1.82, 2.24) is 15.2 Å². The number of hydrogen-bond acceptors (Lipinski definition) is 5. The minimum absolute atomic E-state index is 0.214. The van der Waals surface area contributed by atoms with E-state index in [-0.39, 0.29) is 11.9 Å². The van der Waals surface area contributed by atoms with Crippen molar-refractivity contribution < 1.29 is 13.9 Å². The highest BCUT2D eigenvalue weighted by molar-refractivity contribution is 5.67. The first-order valence-electron chi connectivity index (χ1n) is 8.70. The van der Waals surface area contributed by atoms with Gasteiger partial charge in [-0.05, 0) is 38.3 Å². The van der Waals surface area contributed by atoms with Crippen LogP contribution >= 0.6 is 0 Å². The third-order valence-corrected chi connectivity index (χ3v) is 4.72. The molecule has 1 aromatic rings. The van der Waals surface area contributed by atoms with Gasteiger partial charge in [-0.15, -0.1) is 0 Å². The highest BCUT2D eigenvalue weighted by Crippen LogP contribution is 2.22. The molecule has 0 radical (unpaired) electrons. The number of amides is 1. The van der Waals surface area contributed by atoms with Crippen molar-refractivity contribution in [3.8, 4) is 0 Å². The Morgan fingerprint density at radius 2 is 2.08 bits per heavy atom. The second kappa shape index (κ2) is 7.79. The van der Waals surface area contributed by atoms with Gasteiger partial charge in [0.2, 0.25) is 0 Å². The van der Waals surface area contributed by atoms with Crippen LogP contribution in [0.15, 0.2) is 18.3 Å². The summed E-state index contributed by atoms with van der Waals surface area (Å²) >= 11 is 0. The fourth-order valence-electron chi connectivity index (χ4n) is 3.48. The van der Waals surface area contributed by atoms with E-state index in [9.17, 15) is 9.18 Å². The van der Waals surface area contributed by atoms with Crippen LogP contribution in [0.4, 0.5) is 15.0 Å². The minimum atomic E-state index is -0.263. The average molecular weight is 336 g/mol. The molecular weight excluding hydrogens is 311 g/mol. The zero-order valence-electron chi connectivity index (χ0n) is 14.1. The first-order chi connectivity index (χ1) is 11.7. The number of nitrogens with zero attached hydrogens (tertiary/aromatic N) is 3. The number of carbonyl (C=O) groups is 1. The molecular formula is C17H25FN4O2. The molecule has 2 aliphatic heterocycles. The van der Waals surface area contributed by atoms with Gasteiger partial charge in [0.05, 0.1) is 6.61 Å². The van der Waals surface area contributed by atoms with E-state index in [1.807, 2.05) is 11.8 Å². The highest BCUT2D eigenvalue weighted by Gasteiger charge is 2.29. The maximum absolute atomic E-state index is 13.8. The van der Waals surface area contributed by atoms with Gasteiger partial charge in [0.15, 0.2) is 11.6 Å². The van der Waals surface area contributed by atoms with Gasteiger partial charge < -0.3 is 19.9 Å². The number of ether oxygens (including phenoxy) is 1. The van der Waals surface area contributed by atoms with Crippen LogP contribution in [0.2, 0.25) is 0 Å². The summed E-state index contributed by atoms with van der Waals surface area (Å²) in [4.78, 5) is 19.6. The summed E-state index contributed by atoms with van der Waals surface area (Å²) in [5, 5.41) is 3.66. The Bertz CT molecular complexity index is 563. The molecule has 2 aliphatic rings. The second-order valence-corrected chi connectivity index (χ2v) is 6.37. The lowest BCUT2D eigenvalue weighted by atomic mass is 10.0. The third kappa shape index (κ3) is 3.95. The van der Waals surface area contributed by atoms with E-state index in [4.69, 9.17) is 4.74 Å². The molecule has 6 nitrogen and oxygen atoms in total. The molecule has 1 unspecified atom stereocenters. The largest absolute Gasteiger partial charge is 0.450 e. The Morgan fingerprint density at radius 3 is 2.79 bits per heavy atom. The topological polar surface area (TPSA) is 57.7 Å². The molecule has 24 heavy (non-hydrogen) atoms. The van der Waals surface area contributed by atoms with E-state index in [2.05, 4.69) is 10.3 Å². The number of likely N-dealkylation sites (tertiary alicyclic amines) is 1. The predicted octanol–water partition coefficient (Wildman–Crippen LogP) is 2.01. The van der Waals surface area contributed by atoms with Crippen molar-refractivity contribution >= 4 is 11.9 Å². The lowest BCUT2D eigenvalue weighted by Gasteiger charge is -2.33. The van der Waals surface area contributed by atoms with Crippen LogP contribution in [0, 0.1) is 5.82 Å². The molecule has 2 saturated heterocycles. The van der Waals surface area contributed by atoms with E-state index >= 15 is 0 Å². The van der Waals surface area contributed by atoms with E-state index in [1.165, 1.54) is 6.07 Å². The van der Waals surface area contributed by atoms with Gasteiger partial charge in [-0.25, -0.2) is 14.2 Å². The van der Waals surface area contributed by atoms with E-state index < -0.39 is 0 Å². The molecule has 7 heteroatoms. The Hall–Kier alpha value is -1.89. The predicted molar refractivity (Wildman–Crippen MR) is 89.6 cm³/mol. The Labute approximate surface area is 142 Å². The molecule has 3 rings (SSSR count). The van der Waals surface area contributed by atoms with Crippen molar-refractivity contribution in [1.29, 1.82) is 0 Å². The Morgan fingerprint density at radius 1 is 1.33 bits per heavy atom. The summed E-state index contributed by atoms with van der Waals surface area (Å²) in [5.74, 6) is 0.180. The molecule has 0 saturated carbocycles. The van der Waals surface area contributed by atoms with E-state index in [0.29, 0.717) is 24.5 Å². The summed E-state index contributed by atoms with van der Waals surface area (Å²) < 4.78 is 18.9. The fraction of sp³-hybridized carbons (Fsp3) is 0.647. The maximum atomic E-state index is 13.8.